The molecule has 1 unspecified atom stereocenters. The monoisotopic (exact) mass is 369 g/mol. The Morgan fingerprint density at radius 2 is 2.10 bits per heavy atom. The predicted octanol–water partition coefficient (Wildman–Crippen LogP) is 4.24. The first-order chi connectivity index (χ1) is 10.1. The highest BCUT2D eigenvalue weighted by Crippen LogP contribution is 2.29. The van der Waals surface area contributed by atoms with Crippen molar-refractivity contribution in [1.82, 2.24) is 0 Å². The van der Waals surface area contributed by atoms with Gasteiger partial charge in [-0.15, -0.1) is 11.3 Å². The molecule has 0 aliphatic rings. The molecule has 21 heavy (non-hydrogen) atoms. The molecule has 0 fully saturated rings. The van der Waals surface area contributed by atoms with Crippen molar-refractivity contribution in [3.8, 4) is 5.75 Å². The number of methoxy groups -OCH3 is 1. The number of hydrogen-bond acceptors (Lipinski definition) is 5. The minimum atomic E-state index is -0.519. The summed E-state index contributed by atoms with van der Waals surface area (Å²) < 4.78 is 11.2. The van der Waals surface area contributed by atoms with Crippen LogP contribution in [0.2, 0.25) is 0 Å². The summed E-state index contributed by atoms with van der Waals surface area (Å²) in [5.41, 5.74) is 0.832. The number of esters is 1. The fourth-order valence-electron chi connectivity index (χ4n) is 1.81. The summed E-state index contributed by atoms with van der Waals surface area (Å²) in [6.07, 6.45) is 0. The second kappa shape index (κ2) is 7.47. The molecule has 0 aliphatic carbocycles. The van der Waals surface area contributed by atoms with Gasteiger partial charge in [0.25, 0.3) is 0 Å². The van der Waals surface area contributed by atoms with Gasteiger partial charge >= 0.3 is 5.97 Å². The van der Waals surface area contributed by atoms with E-state index in [-0.39, 0.29) is 5.97 Å². The van der Waals surface area contributed by atoms with E-state index in [4.69, 9.17) is 9.47 Å². The maximum absolute atomic E-state index is 12.2. The number of thiophene rings is 1. The van der Waals surface area contributed by atoms with Gasteiger partial charge in [0, 0.05) is 20.4 Å². The maximum Gasteiger partial charge on any atom is 0.334 e. The van der Waals surface area contributed by atoms with Gasteiger partial charge in [-0.3, -0.25) is 0 Å². The summed E-state index contributed by atoms with van der Waals surface area (Å²) in [6, 6.07) is 8.82. The smallest absolute Gasteiger partial charge is 0.334 e. The SMILES string of the molecule is CCOC(=O)C(Nc1ccc(OC)cc1)c1cc(Br)cs1. The summed E-state index contributed by atoms with van der Waals surface area (Å²) in [5, 5.41) is 5.15. The Morgan fingerprint density at radius 3 is 2.62 bits per heavy atom. The fourth-order valence-corrected chi connectivity index (χ4v) is 3.29. The molecular formula is C15H16BrNO3S. The van der Waals surface area contributed by atoms with Crippen molar-refractivity contribution >= 4 is 38.9 Å². The molecule has 0 saturated heterocycles. The first kappa shape index (κ1) is 15.9. The molecule has 1 aromatic carbocycles. The first-order valence-corrected chi connectivity index (χ1v) is 8.12. The second-order valence-corrected chi connectivity index (χ2v) is 6.08. The Kier molecular flexibility index (Phi) is 5.64. The van der Waals surface area contributed by atoms with Crippen LogP contribution in [-0.2, 0) is 9.53 Å². The van der Waals surface area contributed by atoms with Crippen LogP contribution in [0.4, 0.5) is 5.69 Å². The third-order valence-electron chi connectivity index (χ3n) is 2.80. The Balaban J connectivity index is 2.20. The first-order valence-electron chi connectivity index (χ1n) is 6.45. The molecule has 112 valence electrons. The van der Waals surface area contributed by atoms with Crippen molar-refractivity contribution in [3.63, 3.8) is 0 Å². The number of ether oxygens (including phenoxy) is 2. The van der Waals surface area contributed by atoms with E-state index in [2.05, 4.69) is 21.2 Å². The molecule has 0 amide bonds. The van der Waals surface area contributed by atoms with Crippen molar-refractivity contribution in [3.05, 3.63) is 45.1 Å². The van der Waals surface area contributed by atoms with Crippen LogP contribution in [-0.4, -0.2) is 19.7 Å². The summed E-state index contributed by atoms with van der Waals surface area (Å²) in [4.78, 5) is 13.1. The normalized spacial score (nSPS) is 11.8. The van der Waals surface area contributed by atoms with Crippen LogP contribution in [0.15, 0.2) is 40.2 Å². The third kappa shape index (κ3) is 4.22. The molecule has 1 heterocycles. The van der Waals surface area contributed by atoms with Crippen LogP contribution in [0.5, 0.6) is 5.75 Å². The Morgan fingerprint density at radius 1 is 1.38 bits per heavy atom. The number of rotatable bonds is 6. The van der Waals surface area contributed by atoms with Gasteiger partial charge in [0.05, 0.1) is 13.7 Å². The molecule has 4 nitrogen and oxygen atoms in total. The third-order valence-corrected chi connectivity index (χ3v) is 4.55. The Hall–Kier alpha value is -1.53. The van der Waals surface area contributed by atoms with Gasteiger partial charge < -0.3 is 14.8 Å². The van der Waals surface area contributed by atoms with Crippen molar-refractivity contribution in [2.75, 3.05) is 19.0 Å². The summed E-state index contributed by atoms with van der Waals surface area (Å²) in [6.45, 7) is 2.15. The van der Waals surface area contributed by atoms with Gasteiger partial charge in [-0.2, -0.15) is 0 Å². The van der Waals surface area contributed by atoms with Crippen LogP contribution >= 0.6 is 27.3 Å². The standard InChI is InChI=1S/C15H16BrNO3S/c1-3-20-15(18)14(13-8-10(16)9-21-13)17-11-4-6-12(19-2)7-5-11/h4-9,14,17H,3H2,1-2H3. The largest absolute Gasteiger partial charge is 0.497 e. The molecule has 1 N–H and O–H groups in total. The molecule has 1 atom stereocenters. The van der Waals surface area contributed by atoms with Crippen LogP contribution in [0.3, 0.4) is 0 Å². The minimum absolute atomic E-state index is 0.289. The van der Waals surface area contributed by atoms with Crippen molar-refractivity contribution in [2.24, 2.45) is 0 Å². The van der Waals surface area contributed by atoms with Crippen LogP contribution in [0.25, 0.3) is 0 Å². The minimum Gasteiger partial charge on any atom is -0.497 e. The van der Waals surface area contributed by atoms with Crippen LogP contribution < -0.4 is 10.1 Å². The lowest BCUT2D eigenvalue weighted by atomic mass is 10.2. The van der Waals surface area contributed by atoms with Gasteiger partial charge in [-0.1, -0.05) is 0 Å². The van der Waals surface area contributed by atoms with E-state index < -0.39 is 6.04 Å². The molecule has 6 heteroatoms. The molecule has 1 aromatic heterocycles. The van der Waals surface area contributed by atoms with Crippen molar-refractivity contribution in [1.29, 1.82) is 0 Å². The van der Waals surface area contributed by atoms with Gasteiger partial charge in [0.15, 0.2) is 6.04 Å². The van der Waals surface area contributed by atoms with Crippen molar-refractivity contribution in [2.45, 2.75) is 13.0 Å². The quantitative estimate of drug-likeness (QED) is 0.773. The molecule has 0 spiro atoms. The lowest BCUT2D eigenvalue weighted by molar-refractivity contribution is -0.144. The summed E-state index contributed by atoms with van der Waals surface area (Å²) in [7, 11) is 1.62. The molecular weight excluding hydrogens is 354 g/mol. The molecule has 0 saturated carbocycles. The lowest BCUT2D eigenvalue weighted by Crippen LogP contribution is -2.22. The number of halogens is 1. The zero-order chi connectivity index (χ0) is 15.2. The van der Waals surface area contributed by atoms with Crippen LogP contribution in [0, 0.1) is 0 Å². The predicted molar refractivity (Wildman–Crippen MR) is 88.0 cm³/mol. The summed E-state index contributed by atoms with van der Waals surface area (Å²) >= 11 is 4.91. The molecule has 2 rings (SSSR count). The molecule has 0 radical (unpaired) electrons. The van der Waals surface area contributed by atoms with Crippen molar-refractivity contribution < 1.29 is 14.3 Å². The zero-order valence-corrected chi connectivity index (χ0v) is 14.2. The maximum atomic E-state index is 12.2. The zero-order valence-electron chi connectivity index (χ0n) is 11.8. The number of carbonyl (C=O) groups excluding carboxylic acids is 1. The average Bonchev–Trinajstić information content (AvgIpc) is 2.92. The van der Waals surface area contributed by atoms with Gasteiger partial charge in [0.1, 0.15) is 5.75 Å². The molecule has 0 aliphatic heterocycles. The highest BCUT2D eigenvalue weighted by atomic mass is 79.9. The average molecular weight is 370 g/mol. The number of nitrogens with one attached hydrogen (secondary N) is 1. The van der Waals surface area contributed by atoms with Gasteiger partial charge in [-0.25, -0.2) is 4.79 Å². The highest BCUT2D eigenvalue weighted by Gasteiger charge is 2.23. The second-order valence-electron chi connectivity index (χ2n) is 4.23. The van der Waals surface area contributed by atoms with Gasteiger partial charge in [0.2, 0.25) is 0 Å². The highest BCUT2D eigenvalue weighted by molar-refractivity contribution is 9.10. The molecule has 0 bridgehead atoms. The Labute approximate surface area is 136 Å². The van der Waals surface area contributed by atoms with Gasteiger partial charge in [-0.05, 0) is 53.2 Å². The van der Waals surface area contributed by atoms with E-state index in [9.17, 15) is 4.79 Å². The number of carbonyl (C=O) groups is 1. The summed E-state index contributed by atoms with van der Waals surface area (Å²) in [5.74, 6) is 0.481. The molecule has 2 aromatic rings. The van der Waals surface area contributed by atoms with E-state index in [0.29, 0.717) is 6.61 Å². The number of anilines is 1. The van der Waals surface area contributed by atoms with E-state index in [0.717, 1.165) is 20.8 Å². The van der Waals surface area contributed by atoms with E-state index >= 15 is 0 Å². The fraction of sp³-hybridized carbons (Fsp3) is 0.267. The lowest BCUT2D eigenvalue weighted by Gasteiger charge is -2.17. The van der Waals surface area contributed by atoms with E-state index in [1.54, 1.807) is 14.0 Å². The number of benzene rings is 1. The number of hydrogen-bond donors (Lipinski definition) is 1. The topological polar surface area (TPSA) is 47.6 Å². The van der Waals surface area contributed by atoms with E-state index in [1.165, 1.54) is 11.3 Å². The van der Waals surface area contributed by atoms with Crippen LogP contribution in [0.1, 0.15) is 17.8 Å². The van der Waals surface area contributed by atoms with E-state index in [1.807, 2.05) is 35.7 Å². The Bertz CT molecular complexity index is 597.